The van der Waals surface area contributed by atoms with E-state index < -0.39 is 0 Å². The van der Waals surface area contributed by atoms with Crippen molar-refractivity contribution in [2.24, 2.45) is 7.05 Å². The van der Waals surface area contributed by atoms with Gasteiger partial charge in [-0.2, -0.15) is 0 Å². The normalized spacial score (nSPS) is 11.1. The van der Waals surface area contributed by atoms with Crippen molar-refractivity contribution in [1.29, 1.82) is 0 Å². The average molecular weight is 375 g/mol. The highest BCUT2D eigenvalue weighted by molar-refractivity contribution is 6.06. The van der Waals surface area contributed by atoms with Gasteiger partial charge in [0.1, 0.15) is 5.75 Å². The highest BCUT2D eigenvalue weighted by Crippen LogP contribution is 2.21. The number of fused-ring (bicyclic) bond motifs is 2. The third-order valence-corrected chi connectivity index (χ3v) is 4.95. The molecule has 142 valence electrons. The number of hydrogen-bond donors (Lipinski definition) is 1. The minimum Gasteiger partial charge on any atom is -0.497 e. The molecule has 0 aliphatic rings. The van der Waals surface area contributed by atoms with Crippen molar-refractivity contribution in [2.75, 3.05) is 13.7 Å². The quantitative estimate of drug-likeness (QED) is 0.583. The van der Waals surface area contributed by atoms with E-state index in [9.17, 15) is 9.59 Å². The summed E-state index contributed by atoms with van der Waals surface area (Å²) in [5, 5.41) is 5.27. The zero-order valence-corrected chi connectivity index (χ0v) is 15.8. The topological polar surface area (TPSA) is 65.3 Å². The predicted octanol–water partition coefficient (Wildman–Crippen LogP) is 2.93. The summed E-state index contributed by atoms with van der Waals surface area (Å²) < 4.78 is 8.80. The van der Waals surface area contributed by atoms with Crippen LogP contribution in [0.2, 0.25) is 0 Å². The molecule has 1 amide bonds. The van der Waals surface area contributed by atoms with Gasteiger partial charge in [0.2, 0.25) is 0 Å². The first kappa shape index (κ1) is 17.9. The van der Waals surface area contributed by atoms with E-state index in [0.29, 0.717) is 29.4 Å². The maximum atomic E-state index is 12.7. The predicted molar refractivity (Wildman–Crippen MR) is 110 cm³/mol. The van der Waals surface area contributed by atoms with Gasteiger partial charge in [0, 0.05) is 54.2 Å². The number of methoxy groups -OCH3 is 1. The summed E-state index contributed by atoms with van der Waals surface area (Å²) in [4.78, 5) is 25.0. The van der Waals surface area contributed by atoms with Crippen molar-refractivity contribution in [3.63, 3.8) is 0 Å². The van der Waals surface area contributed by atoms with Crippen molar-refractivity contribution in [1.82, 2.24) is 14.5 Å². The molecule has 0 saturated carbocycles. The number of carbonyl (C=O) groups is 1. The Hall–Kier alpha value is -3.54. The summed E-state index contributed by atoms with van der Waals surface area (Å²) in [6, 6.07) is 15.1. The van der Waals surface area contributed by atoms with Crippen LogP contribution in [0.4, 0.5) is 0 Å². The standard InChI is InChI=1S/C22H21N3O3/c1-24-14-19(17-5-3-4-6-18(17)22(24)27)21(26)23-10-12-25-11-9-15-13-16(28-2)7-8-20(15)25/h3-9,11,13-14H,10,12H2,1-2H3,(H,23,26). The largest absolute Gasteiger partial charge is 0.497 e. The molecular weight excluding hydrogens is 354 g/mol. The van der Waals surface area contributed by atoms with Gasteiger partial charge in [0.05, 0.1) is 12.7 Å². The van der Waals surface area contributed by atoms with Crippen LogP contribution in [0.1, 0.15) is 10.4 Å². The lowest BCUT2D eigenvalue weighted by atomic mass is 10.1. The van der Waals surface area contributed by atoms with Crippen LogP contribution >= 0.6 is 0 Å². The number of benzene rings is 2. The molecular formula is C22H21N3O3. The number of aryl methyl sites for hydroxylation is 1. The van der Waals surface area contributed by atoms with Crippen LogP contribution in [0.15, 0.2) is 65.7 Å². The van der Waals surface area contributed by atoms with E-state index in [1.165, 1.54) is 4.57 Å². The average Bonchev–Trinajstić information content (AvgIpc) is 3.12. The van der Waals surface area contributed by atoms with Crippen LogP contribution in [0.5, 0.6) is 5.75 Å². The fourth-order valence-corrected chi connectivity index (χ4v) is 3.48. The second kappa shape index (κ2) is 7.23. The lowest BCUT2D eigenvalue weighted by molar-refractivity contribution is 0.0953. The molecule has 0 aliphatic carbocycles. The molecule has 1 N–H and O–H groups in total. The van der Waals surface area contributed by atoms with Gasteiger partial charge < -0.3 is 19.2 Å². The van der Waals surface area contributed by atoms with E-state index in [2.05, 4.69) is 9.88 Å². The monoisotopic (exact) mass is 375 g/mol. The van der Waals surface area contributed by atoms with Gasteiger partial charge in [-0.25, -0.2) is 0 Å². The minimum atomic E-state index is -0.190. The van der Waals surface area contributed by atoms with Gasteiger partial charge in [-0.05, 0) is 30.3 Å². The lowest BCUT2D eigenvalue weighted by Crippen LogP contribution is -2.29. The smallest absolute Gasteiger partial charge is 0.258 e. The van der Waals surface area contributed by atoms with Crippen LogP contribution in [0.3, 0.4) is 0 Å². The molecule has 0 atom stereocenters. The van der Waals surface area contributed by atoms with Gasteiger partial charge >= 0.3 is 0 Å². The summed E-state index contributed by atoms with van der Waals surface area (Å²) in [6.07, 6.45) is 3.59. The third kappa shape index (κ3) is 3.13. The number of aromatic nitrogens is 2. The number of nitrogens with one attached hydrogen (secondary N) is 1. The molecule has 0 aliphatic heterocycles. The number of carbonyl (C=O) groups excluding carboxylic acids is 1. The Kier molecular flexibility index (Phi) is 4.61. The van der Waals surface area contributed by atoms with Crippen molar-refractivity contribution >= 4 is 27.6 Å². The van der Waals surface area contributed by atoms with Gasteiger partial charge in [0.25, 0.3) is 11.5 Å². The molecule has 0 fully saturated rings. The second-order valence-corrected chi connectivity index (χ2v) is 6.69. The summed E-state index contributed by atoms with van der Waals surface area (Å²) in [5.74, 6) is 0.630. The van der Waals surface area contributed by atoms with Gasteiger partial charge in [-0.15, -0.1) is 0 Å². The Bertz CT molecular complexity index is 1240. The molecule has 2 aromatic heterocycles. The molecule has 4 rings (SSSR count). The fraction of sp³-hybridized carbons (Fsp3) is 0.182. The second-order valence-electron chi connectivity index (χ2n) is 6.69. The Morgan fingerprint density at radius 2 is 1.89 bits per heavy atom. The van der Waals surface area contributed by atoms with Crippen LogP contribution in [-0.2, 0) is 13.6 Å². The molecule has 0 radical (unpaired) electrons. The van der Waals surface area contributed by atoms with E-state index in [1.54, 1.807) is 38.6 Å². The van der Waals surface area contributed by atoms with Gasteiger partial charge in [-0.1, -0.05) is 18.2 Å². The molecule has 6 heteroatoms. The number of nitrogens with zero attached hydrogens (tertiary/aromatic N) is 2. The molecule has 0 unspecified atom stereocenters. The molecule has 0 spiro atoms. The lowest BCUT2D eigenvalue weighted by Gasteiger charge is -2.11. The molecule has 2 heterocycles. The molecule has 2 aromatic carbocycles. The zero-order chi connectivity index (χ0) is 19.7. The van der Waals surface area contributed by atoms with Crippen molar-refractivity contribution in [3.05, 3.63) is 76.8 Å². The van der Waals surface area contributed by atoms with E-state index in [-0.39, 0.29) is 11.5 Å². The summed E-state index contributed by atoms with van der Waals surface area (Å²) in [5.41, 5.74) is 1.48. The third-order valence-electron chi connectivity index (χ3n) is 4.95. The van der Waals surface area contributed by atoms with E-state index in [0.717, 1.165) is 16.7 Å². The number of hydrogen-bond acceptors (Lipinski definition) is 3. The zero-order valence-electron chi connectivity index (χ0n) is 15.8. The number of pyridine rings is 1. The Balaban J connectivity index is 1.52. The minimum absolute atomic E-state index is 0.110. The first-order chi connectivity index (χ1) is 13.6. The Morgan fingerprint density at radius 3 is 2.68 bits per heavy atom. The highest BCUT2D eigenvalue weighted by Gasteiger charge is 2.13. The number of amides is 1. The van der Waals surface area contributed by atoms with Crippen LogP contribution in [0.25, 0.3) is 21.7 Å². The van der Waals surface area contributed by atoms with Crippen LogP contribution in [0, 0.1) is 0 Å². The maximum absolute atomic E-state index is 12.7. The SMILES string of the molecule is COc1ccc2c(ccn2CCNC(=O)c2cn(C)c(=O)c3ccccc23)c1. The Morgan fingerprint density at radius 1 is 1.11 bits per heavy atom. The van der Waals surface area contributed by atoms with E-state index >= 15 is 0 Å². The number of rotatable bonds is 5. The van der Waals surface area contributed by atoms with Crippen molar-refractivity contribution in [3.8, 4) is 5.75 Å². The Labute approximate surface area is 162 Å². The van der Waals surface area contributed by atoms with Crippen molar-refractivity contribution < 1.29 is 9.53 Å². The van der Waals surface area contributed by atoms with E-state index in [1.807, 2.05) is 36.5 Å². The molecule has 28 heavy (non-hydrogen) atoms. The molecule has 0 bridgehead atoms. The summed E-state index contributed by atoms with van der Waals surface area (Å²) >= 11 is 0. The number of ether oxygens (including phenoxy) is 1. The maximum Gasteiger partial charge on any atom is 0.258 e. The first-order valence-electron chi connectivity index (χ1n) is 9.08. The van der Waals surface area contributed by atoms with Crippen molar-refractivity contribution in [2.45, 2.75) is 6.54 Å². The van der Waals surface area contributed by atoms with E-state index in [4.69, 9.17) is 4.74 Å². The van der Waals surface area contributed by atoms with Gasteiger partial charge in [0.15, 0.2) is 0 Å². The fourth-order valence-electron chi connectivity index (χ4n) is 3.48. The molecule has 0 saturated heterocycles. The molecule has 6 nitrogen and oxygen atoms in total. The summed E-state index contributed by atoms with van der Waals surface area (Å²) in [6.45, 7) is 1.12. The highest BCUT2D eigenvalue weighted by atomic mass is 16.5. The molecule has 4 aromatic rings. The first-order valence-corrected chi connectivity index (χ1v) is 9.08. The van der Waals surface area contributed by atoms with Crippen LogP contribution in [-0.4, -0.2) is 28.7 Å². The summed E-state index contributed by atoms with van der Waals surface area (Å²) in [7, 11) is 3.31. The van der Waals surface area contributed by atoms with Gasteiger partial charge in [-0.3, -0.25) is 9.59 Å². The van der Waals surface area contributed by atoms with Crippen LogP contribution < -0.4 is 15.6 Å².